The molecule has 0 saturated carbocycles. The average molecular weight is 508 g/mol. The zero-order chi connectivity index (χ0) is 25.6. The number of alkyl halides is 3. The Morgan fingerprint density at radius 2 is 1.49 bits per heavy atom. The Morgan fingerprint density at radius 3 is 2.06 bits per heavy atom. The molecular weight excluding hydrogens is 483 g/mol. The largest absolute Gasteiger partial charge is 0.504 e. The molecule has 0 aromatic heterocycles. The highest BCUT2D eigenvalue weighted by molar-refractivity contribution is 8.00. The molecule has 3 aromatic carbocycles. The van der Waals surface area contributed by atoms with Crippen LogP contribution in [0.3, 0.4) is 0 Å². The molecule has 0 atom stereocenters. The van der Waals surface area contributed by atoms with Gasteiger partial charge in [-0.15, -0.1) is 0 Å². The van der Waals surface area contributed by atoms with Crippen molar-refractivity contribution in [2.24, 2.45) is 0 Å². The first-order valence-corrected chi connectivity index (χ1v) is 11.0. The third kappa shape index (κ3) is 6.07. The van der Waals surface area contributed by atoms with Gasteiger partial charge in [0.25, 0.3) is 0 Å². The summed E-state index contributed by atoms with van der Waals surface area (Å²) in [4.78, 5) is 0.338. The number of hydrogen-bond acceptors (Lipinski definition) is 7. The Bertz CT molecular complexity index is 1190. The van der Waals surface area contributed by atoms with Crippen molar-refractivity contribution in [1.29, 1.82) is 0 Å². The number of rotatable bonds is 9. The van der Waals surface area contributed by atoms with Gasteiger partial charge in [0.05, 0.1) is 39.7 Å². The number of aromatic hydroxyl groups is 1. The van der Waals surface area contributed by atoms with E-state index in [9.17, 15) is 18.3 Å². The minimum absolute atomic E-state index is 0.121. The van der Waals surface area contributed by atoms with Crippen molar-refractivity contribution in [2.45, 2.75) is 11.1 Å². The van der Waals surface area contributed by atoms with Gasteiger partial charge >= 0.3 is 6.18 Å². The molecule has 10 heteroatoms. The highest BCUT2D eigenvalue weighted by Crippen LogP contribution is 2.42. The minimum atomic E-state index is -4.45. The van der Waals surface area contributed by atoms with Crippen molar-refractivity contribution in [3.05, 3.63) is 65.2 Å². The van der Waals surface area contributed by atoms with Crippen LogP contribution in [0.1, 0.15) is 16.7 Å². The summed E-state index contributed by atoms with van der Waals surface area (Å²) in [6.45, 7) is 0. The van der Waals surface area contributed by atoms with Crippen LogP contribution in [-0.4, -0.2) is 33.5 Å². The van der Waals surface area contributed by atoms with E-state index in [2.05, 4.69) is 4.72 Å². The molecule has 2 N–H and O–H groups in total. The van der Waals surface area contributed by atoms with Crippen LogP contribution in [0.25, 0.3) is 12.2 Å². The van der Waals surface area contributed by atoms with Crippen LogP contribution in [-0.2, 0) is 6.18 Å². The topological polar surface area (TPSA) is 69.2 Å². The summed E-state index contributed by atoms with van der Waals surface area (Å²) in [6, 6.07) is 11.6. The highest BCUT2D eigenvalue weighted by atomic mass is 32.2. The molecule has 0 radical (unpaired) electrons. The molecule has 0 bridgehead atoms. The summed E-state index contributed by atoms with van der Waals surface area (Å²) in [6.07, 6.45) is -0.901. The molecule has 6 nitrogen and oxygen atoms in total. The lowest BCUT2D eigenvalue weighted by atomic mass is 10.1. The quantitative estimate of drug-likeness (QED) is 0.246. The van der Waals surface area contributed by atoms with Gasteiger partial charge < -0.3 is 28.8 Å². The number of phenols is 1. The molecule has 0 aliphatic rings. The summed E-state index contributed by atoms with van der Waals surface area (Å²) in [5, 5.41) is 10.2. The SMILES string of the molecule is COc1cc(/C=C\c2ccc(O)c(OC)c2NSc2cccc(C(F)(F)F)c2)cc(OC)c1OC. The van der Waals surface area contributed by atoms with E-state index in [1.165, 1.54) is 40.6 Å². The first-order chi connectivity index (χ1) is 16.7. The van der Waals surface area contributed by atoms with Gasteiger partial charge in [-0.2, -0.15) is 13.2 Å². The van der Waals surface area contributed by atoms with Crippen LogP contribution in [0, 0.1) is 0 Å². The number of hydrogen-bond donors (Lipinski definition) is 2. The lowest BCUT2D eigenvalue weighted by molar-refractivity contribution is -0.137. The van der Waals surface area contributed by atoms with Gasteiger partial charge in [0.1, 0.15) is 0 Å². The van der Waals surface area contributed by atoms with E-state index in [1.54, 1.807) is 36.4 Å². The molecule has 3 rings (SSSR count). The van der Waals surface area contributed by atoms with Crippen molar-refractivity contribution in [3.8, 4) is 28.7 Å². The fourth-order valence-corrected chi connectivity index (χ4v) is 4.03. The van der Waals surface area contributed by atoms with E-state index in [4.69, 9.17) is 18.9 Å². The number of anilines is 1. The second-order valence-electron chi connectivity index (χ2n) is 7.10. The van der Waals surface area contributed by atoms with Crippen LogP contribution < -0.4 is 23.7 Å². The summed E-state index contributed by atoms with van der Waals surface area (Å²) < 4.78 is 63.7. The van der Waals surface area contributed by atoms with Gasteiger partial charge in [-0.05, 0) is 60.0 Å². The van der Waals surface area contributed by atoms with Crippen molar-refractivity contribution in [2.75, 3.05) is 33.2 Å². The van der Waals surface area contributed by atoms with Crippen LogP contribution >= 0.6 is 11.9 Å². The standard InChI is InChI=1S/C25H24F3NO5S/c1-31-20-12-15(13-21(32-2)24(20)34-4)8-9-16-10-11-19(30)23(33-3)22(16)29-35-18-7-5-6-17(14-18)25(26,27)28/h5-14,29-30H,1-4H3/b9-8-. The van der Waals surface area contributed by atoms with Gasteiger partial charge in [-0.1, -0.05) is 18.2 Å². The summed E-state index contributed by atoms with van der Waals surface area (Å²) in [5.74, 6) is 1.45. The lowest BCUT2D eigenvalue weighted by Crippen LogP contribution is -2.04. The zero-order valence-corrected chi connectivity index (χ0v) is 20.2. The van der Waals surface area contributed by atoms with Crippen LogP contribution in [0.15, 0.2) is 53.4 Å². The Labute approximate surface area is 205 Å². The number of benzene rings is 3. The molecular formula is C25H24F3NO5S. The number of halogens is 3. The summed E-state index contributed by atoms with van der Waals surface area (Å²) in [5.41, 5.74) is 0.990. The fraction of sp³-hybridized carbons (Fsp3) is 0.200. The van der Waals surface area contributed by atoms with Gasteiger partial charge in [-0.3, -0.25) is 0 Å². The number of nitrogens with one attached hydrogen (secondary N) is 1. The maximum absolute atomic E-state index is 13.1. The lowest BCUT2D eigenvalue weighted by Gasteiger charge is -2.16. The van der Waals surface area contributed by atoms with Crippen molar-refractivity contribution in [3.63, 3.8) is 0 Å². The minimum Gasteiger partial charge on any atom is -0.504 e. The van der Waals surface area contributed by atoms with E-state index in [-0.39, 0.29) is 11.5 Å². The Morgan fingerprint density at radius 1 is 0.829 bits per heavy atom. The van der Waals surface area contributed by atoms with Crippen LogP contribution in [0.4, 0.5) is 18.9 Å². The third-order valence-corrected chi connectivity index (χ3v) is 5.74. The van der Waals surface area contributed by atoms with Crippen molar-refractivity contribution >= 4 is 29.8 Å². The van der Waals surface area contributed by atoms with Gasteiger partial charge in [0.2, 0.25) is 5.75 Å². The molecule has 186 valence electrons. The molecule has 3 aromatic rings. The third-order valence-electron chi connectivity index (χ3n) is 4.95. The predicted molar refractivity (Wildman–Crippen MR) is 131 cm³/mol. The van der Waals surface area contributed by atoms with Gasteiger partial charge in [-0.25, -0.2) is 0 Å². The molecule has 0 saturated heterocycles. The van der Waals surface area contributed by atoms with Gasteiger partial charge in [0.15, 0.2) is 23.0 Å². The maximum Gasteiger partial charge on any atom is 0.416 e. The molecule has 0 fully saturated rings. The maximum atomic E-state index is 13.1. The predicted octanol–water partition coefficient (Wildman–Crippen LogP) is 6.74. The molecule has 0 aliphatic carbocycles. The average Bonchev–Trinajstić information content (AvgIpc) is 2.85. The van der Waals surface area contributed by atoms with E-state index in [0.717, 1.165) is 29.6 Å². The molecule has 0 heterocycles. The zero-order valence-electron chi connectivity index (χ0n) is 19.4. The second kappa shape index (κ2) is 11.2. The van der Waals surface area contributed by atoms with Crippen LogP contribution in [0.5, 0.6) is 28.7 Å². The van der Waals surface area contributed by atoms with Crippen molar-refractivity contribution in [1.82, 2.24) is 0 Å². The summed E-state index contributed by atoms with van der Waals surface area (Å²) >= 11 is 0.963. The number of phenolic OH excluding ortho intramolecular Hbond substituents is 1. The molecule has 0 unspecified atom stereocenters. The summed E-state index contributed by atoms with van der Waals surface area (Å²) in [7, 11) is 5.94. The molecule has 0 spiro atoms. The Balaban J connectivity index is 1.96. The molecule has 0 aliphatic heterocycles. The first kappa shape index (κ1) is 26.0. The van der Waals surface area contributed by atoms with Crippen LogP contribution in [0.2, 0.25) is 0 Å². The first-order valence-electron chi connectivity index (χ1n) is 10.2. The highest BCUT2D eigenvalue weighted by Gasteiger charge is 2.30. The van der Waals surface area contributed by atoms with Gasteiger partial charge in [0, 0.05) is 10.5 Å². The van der Waals surface area contributed by atoms with Crippen molar-refractivity contribution < 1.29 is 37.2 Å². The number of methoxy groups -OCH3 is 4. The Kier molecular flexibility index (Phi) is 8.29. The molecule has 35 heavy (non-hydrogen) atoms. The Hall–Kier alpha value is -3.66. The smallest absolute Gasteiger partial charge is 0.416 e. The normalized spacial score (nSPS) is 11.4. The second-order valence-corrected chi connectivity index (χ2v) is 7.98. The van der Waals surface area contributed by atoms with E-state index < -0.39 is 11.7 Å². The fourth-order valence-electron chi connectivity index (χ4n) is 3.27. The van der Waals surface area contributed by atoms with E-state index >= 15 is 0 Å². The molecule has 0 amide bonds. The monoisotopic (exact) mass is 507 g/mol. The van der Waals surface area contributed by atoms with E-state index in [1.807, 2.05) is 0 Å². The number of ether oxygens (including phenoxy) is 4. The van der Waals surface area contributed by atoms with E-state index in [0.29, 0.717) is 33.4 Å².